The molecule has 5 heteroatoms. The van der Waals surface area contributed by atoms with E-state index >= 15 is 0 Å². The predicted octanol–water partition coefficient (Wildman–Crippen LogP) is 1.72. The number of aromatic nitrogens is 2. The lowest BCUT2D eigenvalue weighted by atomic mass is 10.2. The van der Waals surface area contributed by atoms with E-state index in [1.54, 1.807) is 24.7 Å². The van der Waals surface area contributed by atoms with Crippen LogP contribution in [0.2, 0.25) is 0 Å². The zero-order valence-electron chi connectivity index (χ0n) is 11.0. The van der Waals surface area contributed by atoms with E-state index in [9.17, 15) is 4.79 Å². The van der Waals surface area contributed by atoms with Crippen molar-refractivity contribution in [2.45, 2.75) is 6.42 Å². The highest BCUT2D eigenvalue weighted by Gasteiger charge is 2.09. The first-order chi connectivity index (χ1) is 9.16. The monoisotopic (exact) mass is 256 g/mol. The van der Waals surface area contributed by atoms with Crippen molar-refractivity contribution >= 4 is 17.4 Å². The molecule has 0 aliphatic rings. The smallest absolute Gasteiger partial charge is 0.228 e. The van der Waals surface area contributed by atoms with E-state index in [0.29, 0.717) is 12.1 Å². The second-order valence-corrected chi connectivity index (χ2v) is 4.36. The molecule has 1 N–H and O–H groups in total. The Morgan fingerprint density at radius 1 is 1.26 bits per heavy atom. The van der Waals surface area contributed by atoms with Crippen LogP contribution in [-0.4, -0.2) is 30.0 Å². The second-order valence-electron chi connectivity index (χ2n) is 4.36. The number of nitrogens with zero attached hydrogens (tertiary/aromatic N) is 3. The van der Waals surface area contributed by atoms with E-state index < -0.39 is 0 Å². The van der Waals surface area contributed by atoms with E-state index in [0.717, 1.165) is 11.4 Å². The average molecular weight is 256 g/mol. The summed E-state index contributed by atoms with van der Waals surface area (Å²) in [6.07, 6.45) is 5.38. The Labute approximate surface area is 112 Å². The van der Waals surface area contributed by atoms with Gasteiger partial charge in [0.25, 0.3) is 0 Å². The van der Waals surface area contributed by atoms with Gasteiger partial charge in [-0.25, -0.2) is 4.98 Å². The van der Waals surface area contributed by atoms with Crippen LogP contribution in [0, 0.1) is 0 Å². The van der Waals surface area contributed by atoms with Gasteiger partial charge in [-0.3, -0.25) is 9.78 Å². The summed E-state index contributed by atoms with van der Waals surface area (Å²) in [6, 6.07) is 7.33. The average Bonchev–Trinajstić information content (AvgIpc) is 2.40. The molecule has 2 rings (SSSR count). The van der Waals surface area contributed by atoms with Gasteiger partial charge in [0.1, 0.15) is 0 Å². The van der Waals surface area contributed by atoms with Gasteiger partial charge >= 0.3 is 0 Å². The Kier molecular flexibility index (Phi) is 4.07. The molecule has 19 heavy (non-hydrogen) atoms. The molecule has 1 amide bonds. The second kappa shape index (κ2) is 5.95. The molecule has 2 heterocycles. The lowest BCUT2D eigenvalue weighted by Crippen LogP contribution is -2.19. The third-order valence-corrected chi connectivity index (χ3v) is 2.57. The number of amides is 1. The molecular weight excluding hydrogens is 240 g/mol. The Balaban J connectivity index is 2.07. The standard InChI is InChI=1S/C14H16N4O/c1-18(2)14-12(6-4-8-16-14)17-13(19)9-11-5-3-7-15-10-11/h3-8,10H,9H2,1-2H3,(H,17,19). The summed E-state index contributed by atoms with van der Waals surface area (Å²) in [4.78, 5) is 22.1. The Bertz CT molecular complexity index is 554. The lowest BCUT2D eigenvalue weighted by molar-refractivity contribution is -0.115. The molecule has 0 spiro atoms. The number of rotatable bonds is 4. The van der Waals surface area contributed by atoms with E-state index in [1.807, 2.05) is 37.2 Å². The van der Waals surface area contributed by atoms with Gasteiger partial charge in [0.15, 0.2) is 5.82 Å². The minimum atomic E-state index is -0.0795. The quantitative estimate of drug-likeness (QED) is 0.905. The topological polar surface area (TPSA) is 58.1 Å². The van der Waals surface area contributed by atoms with Crippen molar-refractivity contribution in [3.8, 4) is 0 Å². The molecule has 2 aromatic rings. The first kappa shape index (κ1) is 13.0. The van der Waals surface area contributed by atoms with Crippen molar-refractivity contribution in [1.29, 1.82) is 0 Å². The van der Waals surface area contributed by atoms with Crippen molar-refractivity contribution in [2.75, 3.05) is 24.3 Å². The van der Waals surface area contributed by atoms with Gasteiger partial charge in [0.2, 0.25) is 5.91 Å². The molecule has 2 aromatic heterocycles. The fourth-order valence-corrected chi connectivity index (χ4v) is 1.73. The van der Waals surface area contributed by atoms with Crippen molar-refractivity contribution < 1.29 is 4.79 Å². The summed E-state index contributed by atoms with van der Waals surface area (Å²) in [5, 5.41) is 2.87. The molecule has 0 aliphatic carbocycles. The summed E-state index contributed by atoms with van der Waals surface area (Å²) in [6.45, 7) is 0. The summed E-state index contributed by atoms with van der Waals surface area (Å²) in [5.41, 5.74) is 1.59. The maximum Gasteiger partial charge on any atom is 0.228 e. The maximum atomic E-state index is 12.0. The Morgan fingerprint density at radius 2 is 2.05 bits per heavy atom. The van der Waals surface area contributed by atoms with Gasteiger partial charge in [-0.1, -0.05) is 6.07 Å². The van der Waals surface area contributed by atoms with E-state index in [4.69, 9.17) is 0 Å². The molecule has 0 atom stereocenters. The highest BCUT2D eigenvalue weighted by Crippen LogP contribution is 2.20. The number of anilines is 2. The molecule has 0 saturated heterocycles. The van der Waals surface area contributed by atoms with Crippen molar-refractivity contribution in [1.82, 2.24) is 9.97 Å². The van der Waals surface area contributed by atoms with Crippen LogP contribution < -0.4 is 10.2 Å². The third-order valence-electron chi connectivity index (χ3n) is 2.57. The van der Waals surface area contributed by atoms with Crippen LogP contribution in [0.1, 0.15) is 5.56 Å². The maximum absolute atomic E-state index is 12.0. The zero-order valence-corrected chi connectivity index (χ0v) is 11.0. The normalized spacial score (nSPS) is 10.0. The van der Waals surface area contributed by atoms with Crippen molar-refractivity contribution in [3.63, 3.8) is 0 Å². The third kappa shape index (κ3) is 3.51. The van der Waals surface area contributed by atoms with Crippen molar-refractivity contribution in [2.24, 2.45) is 0 Å². The van der Waals surface area contributed by atoms with Crippen LogP contribution in [0.4, 0.5) is 11.5 Å². The molecule has 0 unspecified atom stereocenters. The predicted molar refractivity (Wildman–Crippen MR) is 75.1 cm³/mol. The SMILES string of the molecule is CN(C)c1ncccc1NC(=O)Cc1cccnc1. The van der Waals surface area contributed by atoms with Gasteiger partial charge < -0.3 is 10.2 Å². The van der Waals surface area contributed by atoms with Gasteiger partial charge in [0, 0.05) is 32.7 Å². The number of hydrogen-bond donors (Lipinski definition) is 1. The first-order valence-electron chi connectivity index (χ1n) is 5.98. The zero-order chi connectivity index (χ0) is 13.7. The van der Waals surface area contributed by atoms with Crippen LogP contribution >= 0.6 is 0 Å². The molecule has 0 radical (unpaired) electrons. The van der Waals surface area contributed by atoms with Gasteiger partial charge in [0.05, 0.1) is 12.1 Å². The molecule has 0 bridgehead atoms. The fourth-order valence-electron chi connectivity index (χ4n) is 1.73. The summed E-state index contributed by atoms with van der Waals surface area (Å²) >= 11 is 0. The van der Waals surface area contributed by atoms with E-state index in [-0.39, 0.29) is 5.91 Å². The van der Waals surface area contributed by atoms with Crippen LogP contribution in [0.3, 0.4) is 0 Å². The molecule has 98 valence electrons. The van der Waals surface area contributed by atoms with E-state index in [2.05, 4.69) is 15.3 Å². The lowest BCUT2D eigenvalue weighted by Gasteiger charge is -2.16. The highest BCUT2D eigenvalue weighted by molar-refractivity contribution is 5.94. The number of pyridine rings is 2. The highest BCUT2D eigenvalue weighted by atomic mass is 16.1. The summed E-state index contributed by atoms with van der Waals surface area (Å²) in [7, 11) is 3.78. The van der Waals surface area contributed by atoms with E-state index in [1.165, 1.54) is 0 Å². The Hall–Kier alpha value is -2.43. The molecule has 0 aromatic carbocycles. The Morgan fingerprint density at radius 3 is 2.74 bits per heavy atom. The van der Waals surface area contributed by atoms with Crippen molar-refractivity contribution in [3.05, 3.63) is 48.4 Å². The minimum absolute atomic E-state index is 0.0795. The number of carbonyl (C=O) groups is 1. The number of carbonyl (C=O) groups excluding carboxylic acids is 1. The van der Waals surface area contributed by atoms with Crippen LogP contribution in [0.5, 0.6) is 0 Å². The first-order valence-corrected chi connectivity index (χ1v) is 5.98. The number of hydrogen-bond acceptors (Lipinski definition) is 4. The van der Waals surface area contributed by atoms with Gasteiger partial charge in [-0.15, -0.1) is 0 Å². The molecular formula is C14H16N4O. The summed E-state index contributed by atoms with van der Waals surface area (Å²) in [5.74, 6) is 0.658. The van der Waals surface area contributed by atoms with Gasteiger partial charge in [-0.05, 0) is 23.8 Å². The molecule has 0 fully saturated rings. The largest absolute Gasteiger partial charge is 0.361 e. The van der Waals surface area contributed by atoms with Crippen LogP contribution in [0.25, 0.3) is 0 Å². The fraction of sp³-hybridized carbons (Fsp3) is 0.214. The van der Waals surface area contributed by atoms with Gasteiger partial charge in [-0.2, -0.15) is 0 Å². The van der Waals surface area contributed by atoms with Crippen LogP contribution in [0.15, 0.2) is 42.9 Å². The van der Waals surface area contributed by atoms with Crippen LogP contribution in [-0.2, 0) is 11.2 Å². The minimum Gasteiger partial charge on any atom is -0.361 e. The number of nitrogens with one attached hydrogen (secondary N) is 1. The summed E-state index contributed by atoms with van der Waals surface area (Å²) < 4.78 is 0. The molecule has 5 nitrogen and oxygen atoms in total. The molecule has 0 aliphatic heterocycles. The molecule has 0 saturated carbocycles.